The number of allylic oxidation sites excluding steroid dienone is 13. The van der Waals surface area contributed by atoms with Crippen LogP contribution in [-0.4, -0.2) is 46.9 Å². The number of rotatable bonds is 44. The molecule has 0 saturated carbocycles. The standard InChI is InChI=1S/C55H95NO5/c1-4-7-10-13-16-19-22-24-26-27-29-31-33-36-39-42-45-48-55(60)61-51(46-43-40-37-34-32-30-28-25-23-20-17-14-11-8-5-2)49-54(59)56-52(50-57)53(58)47-44-41-38-35-21-18-15-12-9-6-3/h8,11,16-17,19-20,24-26,28,32,34,40,43,51-53,57-58H,4-7,9-10,12-15,18,21-23,27,29-31,33,35-39,41-42,44-50H2,1-3H3,(H,56,59)/b11-8-,19-16-,20-17-,26-24-,28-25-,34-32-,43-40-. The molecule has 0 fully saturated rings. The number of amides is 1. The van der Waals surface area contributed by atoms with Gasteiger partial charge in [0, 0.05) is 12.8 Å². The van der Waals surface area contributed by atoms with E-state index in [0.29, 0.717) is 19.3 Å². The first-order valence-corrected chi connectivity index (χ1v) is 25.3. The van der Waals surface area contributed by atoms with Gasteiger partial charge in [-0.05, 0) is 77.0 Å². The third kappa shape index (κ3) is 43.5. The Morgan fingerprint density at radius 3 is 1.43 bits per heavy atom. The van der Waals surface area contributed by atoms with Gasteiger partial charge in [0.05, 0.1) is 25.2 Å². The molecule has 0 aliphatic rings. The Morgan fingerprint density at radius 1 is 0.508 bits per heavy atom. The van der Waals surface area contributed by atoms with Gasteiger partial charge in [-0.1, -0.05) is 215 Å². The van der Waals surface area contributed by atoms with Crippen molar-refractivity contribution in [1.82, 2.24) is 5.32 Å². The number of esters is 1. The molecule has 3 N–H and O–H groups in total. The normalized spacial score (nSPS) is 14.0. The van der Waals surface area contributed by atoms with Gasteiger partial charge in [-0.2, -0.15) is 0 Å². The monoisotopic (exact) mass is 850 g/mol. The molecule has 0 heterocycles. The van der Waals surface area contributed by atoms with Crippen LogP contribution in [0.4, 0.5) is 0 Å². The molecule has 0 aromatic carbocycles. The minimum atomic E-state index is -0.816. The second-order valence-electron chi connectivity index (χ2n) is 16.8. The second-order valence-corrected chi connectivity index (χ2v) is 16.8. The lowest BCUT2D eigenvalue weighted by molar-refractivity contribution is -0.150. The molecule has 3 unspecified atom stereocenters. The van der Waals surface area contributed by atoms with Gasteiger partial charge in [0.15, 0.2) is 0 Å². The summed E-state index contributed by atoms with van der Waals surface area (Å²) in [5.74, 6) is -0.594. The molecule has 0 radical (unpaired) electrons. The number of hydrogen-bond acceptors (Lipinski definition) is 5. The van der Waals surface area contributed by atoms with Gasteiger partial charge < -0.3 is 20.3 Å². The van der Waals surface area contributed by atoms with E-state index < -0.39 is 18.2 Å². The van der Waals surface area contributed by atoms with E-state index in [2.05, 4.69) is 99.0 Å². The zero-order valence-corrected chi connectivity index (χ0v) is 39.8. The van der Waals surface area contributed by atoms with E-state index in [0.717, 1.165) is 83.5 Å². The summed E-state index contributed by atoms with van der Waals surface area (Å²) in [7, 11) is 0. The van der Waals surface area contributed by atoms with Crippen LogP contribution in [0.2, 0.25) is 0 Å². The van der Waals surface area contributed by atoms with Crippen LogP contribution in [-0.2, 0) is 14.3 Å². The third-order valence-corrected chi connectivity index (χ3v) is 11.0. The highest BCUT2D eigenvalue weighted by atomic mass is 16.5. The fourth-order valence-corrected chi connectivity index (χ4v) is 7.13. The SMILES string of the molecule is CC/C=C\C/C=C\C/C=C\C/C=C\C/C=C\CC(CC(=O)NC(CO)C(O)CCCCCCCCCCCC)OC(=O)CCCCCCCCC/C=C\C/C=C\CCCCC. The Hall–Kier alpha value is -2.96. The van der Waals surface area contributed by atoms with Gasteiger partial charge >= 0.3 is 5.97 Å². The van der Waals surface area contributed by atoms with E-state index >= 15 is 0 Å². The van der Waals surface area contributed by atoms with Crippen LogP contribution in [0.25, 0.3) is 0 Å². The van der Waals surface area contributed by atoms with Crippen molar-refractivity contribution in [3.8, 4) is 0 Å². The lowest BCUT2D eigenvalue weighted by Gasteiger charge is -2.24. The van der Waals surface area contributed by atoms with Gasteiger partial charge in [-0.25, -0.2) is 0 Å². The molecule has 6 nitrogen and oxygen atoms in total. The first-order valence-electron chi connectivity index (χ1n) is 25.3. The van der Waals surface area contributed by atoms with Crippen LogP contribution in [0.3, 0.4) is 0 Å². The predicted molar refractivity (Wildman–Crippen MR) is 264 cm³/mol. The minimum Gasteiger partial charge on any atom is -0.461 e. The molecule has 0 rings (SSSR count). The summed E-state index contributed by atoms with van der Waals surface area (Å²) in [4.78, 5) is 26.1. The van der Waals surface area contributed by atoms with Crippen molar-refractivity contribution in [2.75, 3.05) is 6.61 Å². The molecule has 350 valence electrons. The highest BCUT2D eigenvalue weighted by molar-refractivity contribution is 5.77. The maximum atomic E-state index is 13.2. The number of hydrogen-bond donors (Lipinski definition) is 3. The van der Waals surface area contributed by atoms with Crippen molar-refractivity contribution < 1.29 is 24.5 Å². The summed E-state index contributed by atoms with van der Waals surface area (Å²) in [5, 5.41) is 23.6. The van der Waals surface area contributed by atoms with Gasteiger partial charge in [0.25, 0.3) is 0 Å². The number of nitrogens with one attached hydrogen (secondary N) is 1. The summed E-state index contributed by atoms with van der Waals surface area (Å²) in [6, 6.07) is -0.736. The van der Waals surface area contributed by atoms with Crippen LogP contribution in [0, 0.1) is 0 Å². The zero-order chi connectivity index (χ0) is 44.5. The fraction of sp³-hybridized carbons (Fsp3) is 0.709. The average molecular weight is 850 g/mol. The maximum Gasteiger partial charge on any atom is 0.306 e. The summed E-state index contributed by atoms with van der Waals surface area (Å²) in [5.41, 5.74) is 0. The quantitative estimate of drug-likeness (QED) is 0.0322. The molecule has 0 aromatic heterocycles. The van der Waals surface area contributed by atoms with Crippen molar-refractivity contribution in [3.63, 3.8) is 0 Å². The van der Waals surface area contributed by atoms with E-state index in [4.69, 9.17) is 4.74 Å². The molecule has 1 amide bonds. The second kappa shape index (κ2) is 48.1. The van der Waals surface area contributed by atoms with Gasteiger partial charge in [0.1, 0.15) is 6.10 Å². The Labute approximate surface area is 376 Å². The van der Waals surface area contributed by atoms with Gasteiger partial charge in [-0.15, -0.1) is 0 Å². The van der Waals surface area contributed by atoms with Crippen molar-refractivity contribution in [1.29, 1.82) is 0 Å². The van der Waals surface area contributed by atoms with Crippen molar-refractivity contribution >= 4 is 11.9 Å². The lowest BCUT2D eigenvalue weighted by atomic mass is 10.0. The van der Waals surface area contributed by atoms with Crippen LogP contribution >= 0.6 is 0 Å². The van der Waals surface area contributed by atoms with Crippen LogP contribution < -0.4 is 5.32 Å². The van der Waals surface area contributed by atoms with E-state index in [9.17, 15) is 19.8 Å². The van der Waals surface area contributed by atoms with E-state index in [1.807, 2.05) is 12.2 Å². The van der Waals surface area contributed by atoms with E-state index in [1.54, 1.807) is 0 Å². The van der Waals surface area contributed by atoms with Crippen LogP contribution in [0.1, 0.15) is 226 Å². The molecule has 6 heteroatoms. The number of aliphatic hydroxyl groups is 2. The minimum absolute atomic E-state index is 0.00748. The number of carbonyl (C=O) groups is 2. The molecule has 0 saturated heterocycles. The highest BCUT2D eigenvalue weighted by Gasteiger charge is 2.23. The molecule has 0 aromatic rings. The first kappa shape index (κ1) is 58.0. The van der Waals surface area contributed by atoms with Gasteiger partial charge in [0.2, 0.25) is 5.91 Å². The molecular weight excluding hydrogens is 755 g/mol. The van der Waals surface area contributed by atoms with Crippen LogP contribution in [0.15, 0.2) is 85.1 Å². The molecule has 0 aliphatic heterocycles. The lowest BCUT2D eigenvalue weighted by Crippen LogP contribution is -2.46. The topological polar surface area (TPSA) is 95.9 Å². The van der Waals surface area contributed by atoms with Gasteiger partial charge in [-0.3, -0.25) is 9.59 Å². The Morgan fingerprint density at radius 2 is 0.918 bits per heavy atom. The summed E-state index contributed by atoms with van der Waals surface area (Å²) in [6.07, 6.45) is 62.3. The average Bonchev–Trinajstić information content (AvgIpc) is 3.25. The van der Waals surface area contributed by atoms with E-state index in [1.165, 1.54) is 96.3 Å². The number of aliphatic hydroxyl groups excluding tert-OH is 2. The van der Waals surface area contributed by atoms with E-state index in [-0.39, 0.29) is 24.9 Å². The Kier molecular flexibility index (Phi) is 45.7. The highest BCUT2D eigenvalue weighted by Crippen LogP contribution is 2.16. The summed E-state index contributed by atoms with van der Waals surface area (Å²) in [6.45, 7) is 6.29. The fourth-order valence-electron chi connectivity index (χ4n) is 7.13. The molecule has 0 aliphatic carbocycles. The number of ether oxygens (including phenoxy) is 1. The maximum absolute atomic E-state index is 13.2. The number of carbonyl (C=O) groups excluding carboxylic acids is 2. The zero-order valence-electron chi connectivity index (χ0n) is 39.8. The largest absolute Gasteiger partial charge is 0.461 e. The summed E-state index contributed by atoms with van der Waals surface area (Å²) >= 11 is 0. The smallest absolute Gasteiger partial charge is 0.306 e. The Bertz CT molecular complexity index is 1180. The van der Waals surface area contributed by atoms with Crippen LogP contribution in [0.5, 0.6) is 0 Å². The predicted octanol–water partition coefficient (Wildman–Crippen LogP) is 15.2. The molecule has 0 bridgehead atoms. The third-order valence-electron chi connectivity index (χ3n) is 11.0. The molecule has 0 spiro atoms. The first-order chi connectivity index (χ1) is 30.0. The Balaban J connectivity index is 4.73. The molecular formula is C55H95NO5. The molecule has 61 heavy (non-hydrogen) atoms. The summed E-state index contributed by atoms with van der Waals surface area (Å²) < 4.78 is 5.86. The van der Waals surface area contributed by atoms with Crippen molar-refractivity contribution in [2.24, 2.45) is 0 Å². The number of unbranched alkanes of at least 4 members (excludes halogenated alkanes) is 19. The molecule has 3 atom stereocenters. The van der Waals surface area contributed by atoms with Crippen molar-refractivity contribution in [3.05, 3.63) is 85.1 Å². The van der Waals surface area contributed by atoms with Crippen molar-refractivity contribution in [2.45, 2.75) is 244 Å².